The van der Waals surface area contributed by atoms with Gasteiger partial charge in [0.15, 0.2) is 11.3 Å². The van der Waals surface area contributed by atoms with E-state index in [0.29, 0.717) is 43.1 Å². The van der Waals surface area contributed by atoms with Gasteiger partial charge in [0.25, 0.3) is 11.8 Å². The summed E-state index contributed by atoms with van der Waals surface area (Å²) in [5, 5.41) is 9.02. The number of carbonyl (C=O) groups is 2. The molecule has 178 valence electrons. The number of furan rings is 1. The molecule has 2 aromatic rings. The molecule has 0 bridgehead atoms. The van der Waals surface area contributed by atoms with E-state index in [9.17, 15) is 18.0 Å². The molecule has 2 aromatic heterocycles. The van der Waals surface area contributed by atoms with E-state index in [1.54, 1.807) is 30.6 Å². The first kappa shape index (κ1) is 22.5. The van der Waals surface area contributed by atoms with Crippen molar-refractivity contribution < 1.29 is 22.4 Å². The van der Waals surface area contributed by atoms with E-state index in [0.717, 1.165) is 24.6 Å². The van der Waals surface area contributed by atoms with Crippen LogP contribution in [-0.4, -0.2) is 49.8 Å². The number of piperidine rings is 1. The van der Waals surface area contributed by atoms with Crippen LogP contribution in [0.4, 0.5) is 0 Å². The molecule has 1 unspecified atom stereocenters. The maximum atomic E-state index is 13.0. The average Bonchev–Trinajstić information content (AvgIpc) is 3.40. The first-order chi connectivity index (χ1) is 16.2. The lowest BCUT2D eigenvalue weighted by atomic mass is 9.90. The number of rotatable bonds is 5. The Hall–Kier alpha value is -3.24. The Morgan fingerprint density at radius 3 is 2.76 bits per heavy atom. The summed E-state index contributed by atoms with van der Waals surface area (Å²) < 4.78 is 28.7. The van der Waals surface area contributed by atoms with E-state index in [4.69, 9.17) is 9.56 Å². The molecule has 3 heterocycles. The number of allylic oxidation sites excluding steroid dienone is 3. The summed E-state index contributed by atoms with van der Waals surface area (Å²) in [6.45, 7) is 1.86. The molecule has 3 N–H and O–H groups in total. The lowest BCUT2D eigenvalue weighted by molar-refractivity contribution is -0.128. The third-order valence-corrected chi connectivity index (χ3v) is 8.08. The van der Waals surface area contributed by atoms with E-state index in [1.807, 2.05) is 4.90 Å². The highest BCUT2D eigenvalue weighted by atomic mass is 32.2. The van der Waals surface area contributed by atoms with Crippen LogP contribution < -0.4 is 10.5 Å². The minimum Gasteiger partial charge on any atom is -0.449 e. The zero-order valence-electron chi connectivity index (χ0n) is 18.6. The maximum absolute atomic E-state index is 13.0. The van der Waals surface area contributed by atoms with Crippen LogP contribution >= 0.6 is 0 Å². The third kappa shape index (κ3) is 4.43. The topological polar surface area (TPSA) is 136 Å². The Kier molecular flexibility index (Phi) is 5.65. The van der Waals surface area contributed by atoms with Crippen molar-refractivity contribution in [2.24, 2.45) is 16.5 Å². The molecule has 0 radical (unpaired) electrons. The molecule has 9 nitrogen and oxygen atoms in total. The number of aromatic nitrogens is 1. The molecule has 3 aliphatic rings. The number of pyridine rings is 1. The van der Waals surface area contributed by atoms with Crippen molar-refractivity contribution in [3.63, 3.8) is 0 Å². The van der Waals surface area contributed by atoms with Crippen LogP contribution in [0.2, 0.25) is 0 Å². The fourth-order valence-corrected chi connectivity index (χ4v) is 5.54. The molecular weight excluding hydrogens is 456 g/mol. The minimum absolute atomic E-state index is 0.0198. The SMILES string of the molecule is NS(=O)(=O)C1=CCC=C(C(=O)N2CCC3(CC2)CC3CNC(=O)c2cc3ccncc3o2)C=C1. The van der Waals surface area contributed by atoms with Gasteiger partial charge in [-0.2, -0.15) is 0 Å². The van der Waals surface area contributed by atoms with Gasteiger partial charge in [-0.3, -0.25) is 14.6 Å². The maximum Gasteiger partial charge on any atom is 0.287 e. The number of carbonyl (C=O) groups excluding carboxylic acids is 2. The zero-order chi connectivity index (χ0) is 23.9. The van der Waals surface area contributed by atoms with Gasteiger partial charge < -0.3 is 14.6 Å². The Morgan fingerprint density at radius 2 is 2.03 bits per heavy atom. The summed E-state index contributed by atoms with van der Waals surface area (Å²) in [6.07, 6.45) is 12.5. The first-order valence-electron chi connectivity index (χ1n) is 11.3. The van der Waals surface area contributed by atoms with Gasteiger partial charge in [0.05, 0.1) is 11.1 Å². The molecule has 1 saturated heterocycles. The summed E-state index contributed by atoms with van der Waals surface area (Å²) in [5.74, 6) is 0.339. The number of nitrogens with zero attached hydrogens (tertiary/aromatic N) is 2. The van der Waals surface area contributed by atoms with E-state index in [1.165, 1.54) is 18.2 Å². The minimum atomic E-state index is -3.80. The number of fused-ring (bicyclic) bond motifs is 1. The molecule has 2 fully saturated rings. The number of nitrogens with two attached hydrogens (primary N) is 1. The standard InChI is InChI=1S/C24H26N4O5S/c25-34(31,32)19-3-1-2-16(4-5-19)23(30)28-10-7-24(8-11-28)13-18(24)14-27-22(29)20-12-17-6-9-26-15-21(17)33-20/h2-6,9,12,15,18H,1,7-8,10-11,13-14H2,(H,27,29)(H2,25,31,32). The highest BCUT2D eigenvalue weighted by Crippen LogP contribution is 2.59. The molecule has 0 aromatic carbocycles. The Balaban J connectivity index is 1.12. The average molecular weight is 483 g/mol. The number of sulfonamides is 1. The van der Waals surface area contributed by atoms with Crippen molar-refractivity contribution in [2.45, 2.75) is 25.7 Å². The van der Waals surface area contributed by atoms with Gasteiger partial charge in [0.2, 0.25) is 10.0 Å². The second-order valence-electron chi connectivity index (χ2n) is 9.17. The monoisotopic (exact) mass is 482 g/mol. The first-order valence-corrected chi connectivity index (χ1v) is 12.8. The van der Waals surface area contributed by atoms with Gasteiger partial charge in [-0.05, 0) is 61.3 Å². The van der Waals surface area contributed by atoms with Crippen molar-refractivity contribution in [2.75, 3.05) is 19.6 Å². The molecule has 1 aliphatic heterocycles. The van der Waals surface area contributed by atoms with E-state index < -0.39 is 10.0 Å². The summed E-state index contributed by atoms with van der Waals surface area (Å²) in [5.41, 5.74) is 1.23. The predicted octanol–water partition coefficient (Wildman–Crippen LogP) is 2.25. The molecule has 1 spiro atoms. The number of nitrogens with one attached hydrogen (secondary N) is 1. The van der Waals surface area contributed by atoms with Crippen LogP contribution in [0.25, 0.3) is 11.0 Å². The predicted molar refractivity (Wildman–Crippen MR) is 126 cm³/mol. The van der Waals surface area contributed by atoms with Gasteiger partial charge in [-0.15, -0.1) is 0 Å². The molecule has 34 heavy (non-hydrogen) atoms. The molecule has 2 aliphatic carbocycles. The molecule has 10 heteroatoms. The van der Waals surface area contributed by atoms with Crippen LogP contribution in [0.5, 0.6) is 0 Å². The lowest BCUT2D eigenvalue weighted by Gasteiger charge is -2.33. The second-order valence-corrected chi connectivity index (χ2v) is 10.7. The van der Waals surface area contributed by atoms with Crippen LogP contribution in [0.3, 0.4) is 0 Å². The molecular formula is C24H26N4O5S. The number of amides is 2. The summed E-state index contributed by atoms with van der Waals surface area (Å²) in [7, 11) is -3.80. The zero-order valence-corrected chi connectivity index (χ0v) is 19.4. The molecule has 5 rings (SSSR count). The number of likely N-dealkylation sites (tertiary alicyclic amines) is 1. The van der Waals surface area contributed by atoms with Crippen molar-refractivity contribution in [1.82, 2.24) is 15.2 Å². The smallest absolute Gasteiger partial charge is 0.287 e. The van der Waals surface area contributed by atoms with Crippen LogP contribution in [0, 0.1) is 11.3 Å². The fraction of sp³-hybridized carbons (Fsp3) is 0.375. The second kappa shape index (κ2) is 8.52. The van der Waals surface area contributed by atoms with Crippen molar-refractivity contribution >= 4 is 32.8 Å². The van der Waals surface area contributed by atoms with Gasteiger partial charge in [0.1, 0.15) is 0 Å². The van der Waals surface area contributed by atoms with Gasteiger partial charge in [-0.1, -0.05) is 12.2 Å². The van der Waals surface area contributed by atoms with E-state index in [-0.39, 0.29) is 27.9 Å². The number of hydrogen-bond donors (Lipinski definition) is 2. The normalized spacial score (nSPS) is 21.7. The van der Waals surface area contributed by atoms with Crippen LogP contribution in [0.1, 0.15) is 36.2 Å². The number of primary sulfonamides is 1. The van der Waals surface area contributed by atoms with Crippen molar-refractivity contribution in [3.8, 4) is 0 Å². The van der Waals surface area contributed by atoms with Crippen LogP contribution in [0.15, 0.2) is 63.7 Å². The quantitative estimate of drug-likeness (QED) is 0.671. The van der Waals surface area contributed by atoms with Crippen LogP contribution in [-0.2, 0) is 14.8 Å². The summed E-state index contributed by atoms with van der Waals surface area (Å²) in [6, 6.07) is 3.52. The Labute approximate surface area is 197 Å². The van der Waals surface area contributed by atoms with Crippen molar-refractivity contribution in [1.29, 1.82) is 0 Å². The Bertz CT molecular complexity index is 1310. The fourth-order valence-electron chi connectivity index (χ4n) is 4.95. The van der Waals surface area contributed by atoms with E-state index in [2.05, 4.69) is 10.3 Å². The highest BCUT2D eigenvalue weighted by Gasteiger charge is 2.54. The van der Waals surface area contributed by atoms with E-state index >= 15 is 0 Å². The van der Waals surface area contributed by atoms with Gasteiger partial charge >= 0.3 is 0 Å². The Morgan fingerprint density at radius 1 is 1.24 bits per heavy atom. The molecule has 2 amide bonds. The van der Waals surface area contributed by atoms with Gasteiger partial charge in [0, 0.05) is 36.8 Å². The summed E-state index contributed by atoms with van der Waals surface area (Å²) in [4.78, 5) is 31.3. The number of hydrogen-bond acceptors (Lipinski definition) is 6. The third-order valence-electron chi connectivity index (χ3n) is 7.12. The molecule has 1 saturated carbocycles. The summed E-state index contributed by atoms with van der Waals surface area (Å²) >= 11 is 0. The molecule has 1 atom stereocenters. The lowest BCUT2D eigenvalue weighted by Crippen LogP contribution is -2.40. The van der Waals surface area contributed by atoms with Gasteiger partial charge in [-0.25, -0.2) is 13.6 Å². The van der Waals surface area contributed by atoms with Crippen molar-refractivity contribution in [3.05, 3.63) is 65.1 Å². The highest BCUT2D eigenvalue weighted by molar-refractivity contribution is 7.93. The largest absolute Gasteiger partial charge is 0.449 e.